The Morgan fingerprint density at radius 1 is 1.00 bits per heavy atom. The van der Waals surface area contributed by atoms with Gasteiger partial charge in [0.1, 0.15) is 6.04 Å². The van der Waals surface area contributed by atoms with Gasteiger partial charge < -0.3 is 15.7 Å². The van der Waals surface area contributed by atoms with Crippen LogP contribution in [0.2, 0.25) is 0 Å². The van der Waals surface area contributed by atoms with Crippen molar-refractivity contribution in [3.63, 3.8) is 0 Å². The SMILES string of the molecule is CC(C)(C)NC(=O)C1C[C@@H]2CCCC[C@@H]2CN1CC(O)C(Cc1ccccc1)NC(=O)[C@@H](NCc1ccccn1)C(C)(C)S(C)(=O)=O. The first kappa shape index (κ1) is 37.0. The number of carbonyl (C=O) groups excluding carboxylic acids is 2. The lowest BCUT2D eigenvalue weighted by molar-refractivity contribution is -0.133. The molecule has 0 radical (unpaired) electrons. The van der Waals surface area contributed by atoms with Crippen LogP contribution >= 0.6 is 0 Å². The van der Waals surface area contributed by atoms with Crippen molar-refractivity contribution >= 4 is 21.7 Å². The Kier molecular flexibility index (Phi) is 12.2. The number of hydrogen-bond acceptors (Lipinski definition) is 8. The van der Waals surface area contributed by atoms with E-state index in [0.717, 1.165) is 31.1 Å². The van der Waals surface area contributed by atoms with E-state index in [4.69, 9.17) is 0 Å². The number of β-amino-alcohol motifs (C(OH)–C–C–N with tert-alkyl or cyclic N) is 1. The van der Waals surface area contributed by atoms with E-state index < -0.39 is 44.2 Å². The molecule has 6 atom stereocenters. The van der Waals surface area contributed by atoms with E-state index in [2.05, 4.69) is 25.8 Å². The molecule has 47 heavy (non-hydrogen) atoms. The fraction of sp³-hybridized carbons (Fsp3) is 0.639. The molecule has 1 aromatic heterocycles. The second-order valence-corrected chi connectivity index (χ2v) is 17.7. The predicted molar refractivity (Wildman–Crippen MR) is 185 cm³/mol. The number of carbonyl (C=O) groups is 2. The summed E-state index contributed by atoms with van der Waals surface area (Å²) in [5.74, 6) is 0.389. The minimum atomic E-state index is -3.69. The smallest absolute Gasteiger partial charge is 0.239 e. The summed E-state index contributed by atoms with van der Waals surface area (Å²) in [5.41, 5.74) is 1.20. The van der Waals surface area contributed by atoms with Gasteiger partial charge in [0.25, 0.3) is 0 Å². The molecular formula is C36H55N5O5S. The lowest BCUT2D eigenvalue weighted by Gasteiger charge is -2.47. The van der Waals surface area contributed by atoms with Crippen molar-refractivity contribution in [1.82, 2.24) is 25.8 Å². The standard InChI is InChI=1S/C36H55N5O5S/c1-35(2,3)40-33(43)30-21-26-16-10-11-17-27(26)23-41(30)24-31(42)29(20-25-14-8-7-9-15-25)39-34(44)32(36(4,5)47(6,45)46)38-22-28-18-12-13-19-37-28/h7-9,12-15,18-19,26-27,29-32,38,42H,10-11,16-17,20-24H2,1-6H3,(H,39,44)(H,40,43)/t26-,27+,29?,30?,31?,32+/m0/s1. The Morgan fingerprint density at radius 3 is 2.28 bits per heavy atom. The quantitative estimate of drug-likeness (QED) is 0.255. The second kappa shape index (κ2) is 15.6. The third-order valence-corrected chi connectivity index (χ3v) is 12.1. The zero-order valence-corrected chi connectivity index (χ0v) is 29.7. The summed E-state index contributed by atoms with van der Waals surface area (Å²) < 4.78 is 24.5. The summed E-state index contributed by atoms with van der Waals surface area (Å²) in [5, 5.41) is 21.3. The van der Waals surface area contributed by atoms with Gasteiger partial charge in [0.05, 0.1) is 28.6 Å². The molecule has 1 aliphatic carbocycles. The zero-order chi connectivity index (χ0) is 34.4. The topological polar surface area (TPSA) is 141 Å². The van der Waals surface area contributed by atoms with E-state index in [1.807, 2.05) is 57.2 Å². The Bertz CT molecular complexity index is 1430. The fourth-order valence-electron chi connectivity index (χ4n) is 6.99. The van der Waals surface area contributed by atoms with Gasteiger partial charge in [-0.1, -0.05) is 55.7 Å². The molecule has 1 aromatic carbocycles. The maximum absolute atomic E-state index is 14.1. The fourth-order valence-corrected chi connectivity index (χ4v) is 7.61. The van der Waals surface area contributed by atoms with Gasteiger partial charge in [-0.2, -0.15) is 0 Å². The summed E-state index contributed by atoms with van der Waals surface area (Å²) in [6, 6.07) is 12.8. The van der Waals surface area contributed by atoms with Crippen molar-refractivity contribution in [2.75, 3.05) is 19.3 Å². The highest BCUT2D eigenvalue weighted by molar-refractivity contribution is 7.92. The third kappa shape index (κ3) is 10.1. The van der Waals surface area contributed by atoms with E-state index in [1.165, 1.54) is 26.7 Å². The lowest BCUT2D eigenvalue weighted by Crippen LogP contribution is -2.63. The van der Waals surface area contributed by atoms with Crippen LogP contribution in [0.15, 0.2) is 54.7 Å². The van der Waals surface area contributed by atoms with Crippen molar-refractivity contribution < 1.29 is 23.1 Å². The lowest BCUT2D eigenvalue weighted by atomic mass is 9.72. The largest absolute Gasteiger partial charge is 0.390 e. The summed E-state index contributed by atoms with van der Waals surface area (Å²) in [4.78, 5) is 34.2. The molecule has 1 aliphatic heterocycles. The molecule has 260 valence electrons. The molecule has 2 amide bonds. The van der Waals surface area contributed by atoms with Crippen LogP contribution in [0.3, 0.4) is 0 Å². The molecule has 4 N–H and O–H groups in total. The average molecular weight is 670 g/mol. The predicted octanol–water partition coefficient (Wildman–Crippen LogP) is 3.25. The summed E-state index contributed by atoms with van der Waals surface area (Å²) in [7, 11) is -3.69. The number of sulfone groups is 1. The third-order valence-electron chi connectivity index (χ3n) is 9.94. The number of aromatic nitrogens is 1. The molecule has 2 aromatic rings. The van der Waals surface area contributed by atoms with Crippen LogP contribution < -0.4 is 16.0 Å². The number of hydrogen-bond donors (Lipinski definition) is 4. The van der Waals surface area contributed by atoms with Gasteiger partial charge in [0.2, 0.25) is 11.8 Å². The number of likely N-dealkylation sites (tertiary alicyclic amines) is 1. The monoisotopic (exact) mass is 669 g/mol. The maximum atomic E-state index is 14.1. The number of rotatable bonds is 13. The normalized spacial score (nSPS) is 22.8. The molecule has 4 rings (SSSR count). The van der Waals surface area contributed by atoms with Gasteiger partial charge in [-0.15, -0.1) is 0 Å². The van der Waals surface area contributed by atoms with Gasteiger partial charge in [-0.25, -0.2) is 8.42 Å². The van der Waals surface area contributed by atoms with Gasteiger partial charge in [0.15, 0.2) is 9.84 Å². The highest BCUT2D eigenvalue weighted by Gasteiger charge is 2.45. The summed E-state index contributed by atoms with van der Waals surface area (Å²) in [6.45, 7) is 10.1. The van der Waals surface area contributed by atoms with E-state index in [0.29, 0.717) is 30.5 Å². The number of amides is 2. The average Bonchev–Trinajstić information content (AvgIpc) is 3.00. The molecule has 0 bridgehead atoms. The molecule has 11 heteroatoms. The first-order valence-electron chi connectivity index (χ1n) is 17.0. The number of pyridine rings is 1. The van der Waals surface area contributed by atoms with Crippen molar-refractivity contribution in [3.05, 3.63) is 66.0 Å². The molecule has 3 unspecified atom stereocenters. The zero-order valence-electron chi connectivity index (χ0n) is 28.9. The number of aliphatic hydroxyl groups excluding tert-OH is 1. The van der Waals surface area contributed by atoms with Crippen LogP contribution in [0.1, 0.15) is 78.0 Å². The molecular weight excluding hydrogens is 614 g/mol. The van der Waals surface area contributed by atoms with Crippen LogP contribution in [0.5, 0.6) is 0 Å². The van der Waals surface area contributed by atoms with Crippen molar-refractivity contribution in [3.8, 4) is 0 Å². The molecule has 2 heterocycles. The maximum Gasteiger partial charge on any atom is 0.239 e. The number of benzene rings is 1. The van der Waals surface area contributed by atoms with E-state index in [-0.39, 0.29) is 25.0 Å². The van der Waals surface area contributed by atoms with Crippen LogP contribution in [0, 0.1) is 11.8 Å². The highest BCUT2D eigenvalue weighted by atomic mass is 32.2. The Balaban J connectivity index is 1.60. The second-order valence-electron chi connectivity index (χ2n) is 15.1. The highest BCUT2D eigenvalue weighted by Crippen LogP contribution is 2.39. The first-order chi connectivity index (χ1) is 22.0. The van der Waals surface area contributed by atoms with E-state index in [9.17, 15) is 23.1 Å². The number of piperidine rings is 1. The van der Waals surface area contributed by atoms with Crippen LogP contribution in [-0.4, -0.2) is 89.1 Å². The van der Waals surface area contributed by atoms with Crippen LogP contribution in [-0.2, 0) is 32.4 Å². The number of nitrogens with one attached hydrogen (secondary N) is 3. The van der Waals surface area contributed by atoms with Crippen molar-refractivity contribution in [2.24, 2.45) is 11.8 Å². The number of fused-ring (bicyclic) bond motifs is 1. The minimum absolute atomic E-state index is 0.0361. The van der Waals surface area contributed by atoms with Gasteiger partial charge in [-0.3, -0.25) is 24.8 Å². The Labute approximate surface area is 281 Å². The Hall–Kier alpha value is -2.86. The minimum Gasteiger partial charge on any atom is -0.390 e. The summed E-state index contributed by atoms with van der Waals surface area (Å²) >= 11 is 0. The van der Waals surface area contributed by atoms with E-state index in [1.54, 1.807) is 18.3 Å². The van der Waals surface area contributed by atoms with Gasteiger partial charge >= 0.3 is 0 Å². The summed E-state index contributed by atoms with van der Waals surface area (Å²) in [6.07, 6.45) is 7.41. The number of nitrogens with zero attached hydrogens (tertiary/aromatic N) is 2. The van der Waals surface area contributed by atoms with Gasteiger partial charge in [-0.05, 0) is 83.4 Å². The molecule has 0 spiro atoms. The first-order valence-corrected chi connectivity index (χ1v) is 18.9. The van der Waals surface area contributed by atoms with Gasteiger partial charge in [0, 0.05) is 37.6 Å². The Morgan fingerprint density at radius 2 is 1.66 bits per heavy atom. The molecule has 2 aliphatic rings. The molecule has 10 nitrogen and oxygen atoms in total. The van der Waals surface area contributed by atoms with Crippen LogP contribution in [0.25, 0.3) is 0 Å². The van der Waals surface area contributed by atoms with Crippen molar-refractivity contribution in [1.29, 1.82) is 0 Å². The molecule has 1 saturated heterocycles. The van der Waals surface area contributed by atoms with Crippen molar-refractivity contribution in [2.45, 2.75) is 114 Å². The van der Waals surface area contributed by atoms with Crippen LogP contribution in [0.4, 0.5) is 0 Å². The molecule has 1 saturated carbocycles. The van der Waals surface area contributed by atoms with E-state index >= 15 is 0 Å². The number of aliphatic hydroxyl groups is 1. The molecule has 2 fully saturated rings.